The fourth-order valence-corrected chi connectivity index (χ4v) is 1.37. The number of nitrogens with two attached hydrogens (primary N) is 1. The summed E-state index contributed by atoms with van der Waals surface area (Å²) in [5.41, 5.74) is 4.84. The number of aliphatic hydroxyl groups excluding tert-OH is 1. The molecular formula is C12H14F3N3O. The van der Waals surface area contributed by atoms with Gasteiger partial charge >= 0.3 is 6.18 Å². The van der Waals surface area contributed by atoms with Gasteiger partial charge in [-0.1, -0.05) is 0 Å². The number of aliphatic hydroxyl groups is 1. The second-order valence-corrected chi connectivity index (χ2v) is 4.16. The number of alkyl halides is 3. The Hall–Kier alpha value is -1.78. The predicted molar refractivity (Wildman–Crippen MR) is 64.3 cm³/mol. The van der Waals surface area contributed by atoms with Crippen molar-refractivity contribution in [2.24, 2.45) is 5.73 Å². The number of anilines is 1. The van der Waals surface area contributed by atoms with Crippen LogP contribution in [0.4, 0.5) is 18.9 Å². The van der Waals surface area contributed by atoms with Crippen LogP contribution in [0.25, 0.3) is 0 Å². The third-order valence-electron chi connectivity index (χ3n) is 2.62. The quantitative estimate of drug-likeness (QED) is 0.779. The molecule has 104 valence electrons. The maximum absolute atomic E-state index is 12.5. The SMILES string of the molecule is CC(O)C(N)CNc1ccc(C(F)(F)F)cc1C#N. The molecule has 1 aromatic carbocycles. The molecule has 0 radical (unpaired) electrons. The van der Waals surface area contributed by atoms with Gasteiger partial charge in [-0.25, -0.2) is 0 Å². The van der Waals surface area contributed by atoms with Gasteiger partial charge in [-0.15, -0.1) is 0 Å². The van der Waals surface area contributed by atoms with Crippen molar-refractivity contribution in [1.82, 2.24) is 0 Å². The van der Waals surface area contributed by atoms with E-state index in [1.807, 2.05) is 0 Å². The monoisotopic (exact) mass is 273 g/mol. The van der Waals surface area contributed by atoms with E-state index in [-0.39, 0.29) is 17.8 Å². The number of halogens is 3. The Balaban J connectivity index is 2.89. The second-order valence-electron chi connectivity index (χ2n) is 4.16. The molecule has 0 saturated carbocycles. The minimum Gasteiger partial charge on any atom is -0.392 e. The fraction of sp³-hybridized carbons (Fsp3) is 0.417. The Morgan fingerprint density at radius 2 is 2.11 bits per heavy atom. The molecule has 7 heteroatoms. The topological polar surface area (TPSA) is 82.1 Å². The number of rotatable bonds is 4. The Morgan fingerprint density at radius 1 is 1.47 bits per heavy atom. The van der Waals surface area contributed by atoms with Crippen LogP contribution in [0.15, 0.2) is 18.2 Å². The van der Waals surface area contributed by atoms with Crippen molar-refractivity contribution in [2.45, 2.75) is 25.2 Å². The zero-order chi connectivity index (χ0) is 14.6. The van der Waals surface area contributed by atoms with E-state index in [1.165, 1.54) is 13.0 Å². The number of benzene rings is 1. The van der Waals surface area contributed by atoms with Gasteiger partial charge in [0.1, 0.15) is 6.07 Å². The van der Waals surface area contributed by atoms with Crippen LogP contribution in [0.3, 0.4) is 0 Å². The van der Waals surface area contributed by atoms with Crippen molar-refractivity contribution in [3.63, 3.8) is 0 Å². The summed E-state index contributed by atoms with van der Waals surface area (Å²) in [6, 6.07) is 3.96. The first-order valence-electron chi connectivity index (χ1n) is 5.54. The number of hydrogen-bond donors (Lipinski definition) is 3. The maximum Gasteiger partial charge on any atom is 0.416 e. The van der Waals surface area contributed by atoms with Gasteiger partial charge in [-0.2, -0.15) is 18.4 Å². The number of nitrogens with one attached hydrogen (secondary N) is 1. The number of hydrogen-bond acceptors (Lipinski definition) is 4. The largest absolute Gasteiger partial charge is 0.416 e. The van der Waals surface area contributed by atoms with Crippen LogP contribution in [0.2, 0.25) is 0 Å². The summed E-state index contributed by atoms with van der Waals surface area (Å²) >= 11 is 0. The van der Waals surface area contributed by atoms with Crippen LogP contribution >= 0.6 is 0 Å². The molecule has 0 aliphatic carbocycles. The molecule has 0 amide bonds. The molecule has 4 nitrogen and oxygen atoms in total. The molecule has 4 N–H and O–H groups in total. The van der Waals surface area contributed by atoms with Gasteiger partial charge < -0.3 is 16.2 Å². The lowest BCUT2D eigenvalue weighted by molar-refractivity contribution is -0.137. The summed E-state index contributed by atoms with van der Waals surface area (Å²) in [6.07, 6.45) is -5.24. The van der Waals surface area contributed by atoms with Gasteiger partial charge in [0.25, 0.3) is 0 Å². The Kier molecular flexibility index (Phi) is 4.75. The fourth-order valence-electron chi connectivity index (χ4n) is 1.37. The van der Waals surface area contributed by atoms with Crippen LogP contribution in [-0.4, -0.2) is 23.8 Å². The summed E-state index contributed by atoms with van der Waals surface area (Å²) in [7, 11) is 0. The highest BCUT2D eigenvalue weighted by molar-refractivity contribution is 5.59. The number of nitrogens with zero attached hydrogens (tertiary/aromatic N) is 1. The van der Waals surface area contributed by atoms with Gasteiger partial charge in [-0.05, 0) is 25.1 Å². The normalized spacial score (nSPS) is 14.6. The molecule has 0 aliphatic heterocycles. The minimum absolute atomic E-state index is 0.118. The van der Waals surface area contributed by atoms with Crippen molar-refractivity contribution in [1.29, 1.82) is 5.26 Å². The van der Waals surface area contributed by atoms with E-state index in [0.29, 0.717) is 0 Å². The van der Waals surface area contributed by atoms with Gasteiger partial charge in [0.15, 0.2) is 0 Å². The average Bonchev–Trinajstić information content (AvgIpc) is 2.34. The van der Waals surface area contributed by atoms with Crippen LogP contribution in [0.1, 0.15) is 18.1 Å². The zero-order valence-corrected chi connectivity index (χ0v) is 10.2. The van der Waals surface area contributed by atoms with E-state index in [4.69, 9.17) is 11.0 Å². The van der Waals surface area contributed by atoms with Crippen molar-refractivity contribution in [3.8, 4) is 6.07 Å². The number of nitriles is 1. The molecule has 0 spiro atoms. The highest BCUT2D eigenvalue weighted by Gasteiger charge is 2.31. The molecule has 2 unspecified atom stereocenters. The smallest absolute Gasteiger partial charge is 0.392 e. The lowest BCUT2D eigenvalue weighted by Crippen LogP contribution is -2.38. The Morgan fingerprint density at radius 3 is 2.58 bits per heavy atom. The van der Waals surface area contributed by atoms with Gasteiger partial charge in [-0.3, -0.25) is 0 Å². The molecule has 0 bridgehead atoms. The molecule has 2 atom stereocenters. The summed E-state index contributed by atoms with van der Waals surface area (Å²) in [5.74, 6) is 0. The standard InChI is InChI=1S/C12H14F3N3O/c1-7(19)10(17)6-18-11-3-2-9(12(13,14)15)4-8(11)5-16/h2-4,7,10,18-19H,6,17H2,1H3. The lowest BCUT2D eigenvalue weighted by Gasteiger charge is -2.17. The molecule has 1 aromatic rings. The average molecular weight is 273 g/mol. The highest BCUT2D eigenvalue weighted by Crippen LogP contribution is 2.31. The predicted octanol–water partition coefficient (Wildman–Crippen LogP) is 1.70. The lowest BCUT2D eigenvalue weighted by atomic mass is 10.1. The highest BCUT2D eigenvalue weighted by atomic mass is 19.4. The third-order valence-corrected chi connectivity index (χ3v) is 2.62. The van der Waals surface area contributed by atoms with E-state index in [2.05, 4.69) is 5.32 Å². The van der Waals surface area contributed by atoms with Gasteiger partial charge in [0, 0.05) is 12.6 Å². The summed E-state index contributed by atoms with van der Waals surface area (Å²) in [5, 5.41) is 20.8. The molecule has 0 saturated heterocycles. The Labute approximate surface area is 108 Å². The molecule has 0 fully saturated rings. The first-order valence-corrected chi connectivity index (χ1v) is 5.54. The van der Waals surface area contributed by atoms with Crippen molar-refractivity contribution in [3.05, 3.63) is 29.3 Å². The summed E-state index contributed by atoms with van der Waals surface area (Å²) in [4.78, 5) is 0. The molecule has 0 aromatic heterocycles. The minimum atomic E-state index is -4.49. The summed E-state index contributed by atoms with van der Waals surface area (Å²) in [6.45, 7) is 1.65. The first kappa shape index (κ1) is 15.3. The van der Waals surface area contributed by atoms with E-state index >= 15 is 0 Å². The van der Waals surface area contributed by atoms with Crippen LogP contribution in [0.5, 0.6) is 0 Å². The van der Waals surface area contributed by atoms with Gasteiger partial charge in [0.2, 0.25) is 0 Å². The first-order chi connectivity index (χ1) is 8.75. The second kappa shape index (κ2) is 5.91. The van der Waals surface area contributed by atoms with Crippen LogP contribution < -0.4 is 11.1 Å². The van der Waals surface area contributed by atoms with Crippen molar-refractivity contribution in [2.75, 3.05) is 11.9 Å². The van der Waals surface area contributed by atoms with Crippen LogP contribution in [0, 0.1) is 11.3 Å². The Bertz CT molecular complexity index is 480. The van der Waals surface area contributed by atoms with E-state index in [9.17, 15) is 18.3 Å². The third kappa shape index (κ3) is 4.12. The summed E-state index contributed by atoms with van der Waals surface area (Å²) < 4.78 is 37.4. The zero-order valence-electron chi connectivity index (χ0n) is 10.2. The molecule has 0 aliphatic rings. The van der Waals surface area contributed by atoms with E-state index < -0.39 is 23.9 Å². The van der Waals surface area contributed by atoms with Crippen LogP contribution in [-0.2, 0) is 6.18 Å². The van der Waals surface area contributed by atoms with Crippen molar-refractivity contribution >= 4 is 5.69 Å². The van der Waals surface area contributed by atoms with Crippen molar-refractivity contribution < 1.29 is 18.3 Å². The molecule has 1 rings (SSSR count). The van der Waals surface area contributed by atoms with E-state index in [1.54, 1.807) is 6.07 Å². The molecule has 19 heavy (non-hydrogen) atoms. The maximum atomic E-state index is 12.5. The van der Waals surface area contributed by atoms with Gasteiger partial charge in [0.05, 0.1) is 22.9 Å². The van der Waals surface area contributed by atoms with E-state index in [0.717, 1.165) is 12.1 Å². The molecular weight excluding hydrogens is 259 g/mol. The molecule has 0 heterocycles.